The number of hydrogen-bond donors (Lipinski definition) is 1. The molecule has 0 aliphatic carbocycles. The summed E-state index contributed by atoms with van der Waals surface area (Å²) in [5.74, 6) is -0.287. The molecular formula is C13H15FN2O. The third kappa shape index (κ3) is 3.26. The predicted molar refractivity (Wildman–Crippen MR) is 61.7 cm³/mol. The van der Waals surface area contributed by atoms with Crippen LogP contribution in [0.25, 0.3) is 0 Å². The molecule has 1 heterocycles. The van der Waals surface area contributed by atoms with Crippen molar-refractivity contribution in [2.75, 3.05) is 13.2 Å². The molecule has 0 radical (unpaired) electrons. The topological polar surface area (TPSA) is 45.0 Å². The molecule has 1 saturated heterocycles. The molecule has 2 atom stereocenters. The fraction of sp³-hybridized carbons (Fsp3) is 0.462. The van der Waals surface area contributed by atoms with E-state index in [0.717, 1.165) is 25.0 Å². The van der Waals surface area contributed by atoms with Crippen LogP contribution >= 0.6 is 0 Å². The average molecular weight is 234 g/mol. The third-order valence-corrected chi connectivity index (χ3v) is 2.91. The Hall–Kier alpha value is -1.44. The molecule has 2 unspecified atom stereocenters. The highest BCUT2D eigenvalue weighted by atomic mass is 19.1. The van der Waals surface area contributed by atoms with Crippen LogP contribution in [-0.4, -0.2) is 19.3 Å². The quantitative estimate of drug-likeness (QED) is 0.868. The Balaban J connectivity index is 1.92. The van der Waals surface area contributed by atoms with Crippen LogP contribution < -0.4 is 5.32 Å². The molecule has 1 N–H and O–H groups in total. The van der Waals surface area contributed by atoms with Gasteiger partial charge in [-0.15, -0.1) is 0 Å². The molecule has 4 heteroatoms. The number of rotatable bonds is 4. The molecule has 3 nitrogen and oxygen atoms in total. The second-order valence-electron chi connectivity index (χ2n) is 4.16. The molecule has 0 amide bonds. The van der Waals surface area contributed by atoms with Crippen molar-refractivity contribution in [1.29, 1.82) is 5.26 Å². The van der Waals surface area contributed by atoms with Crippen LogP contribution in [0, 0.1) is 17.1 Å². The maximum atomic E-state index is 12.8. The molecule has 0 aromatic heterocycles. The molecule has 1 aliphatic rings. The van der Waals surface area contributed by atoms with Crippen LogP contribution in [0.15, 0.2) is 24.3 Å². The van der Waals surface area contributed by atoms with Gasteiger partial charge in [0.1, 0.15) is 11.9 Å². The molecule has 0 saturated carbocycles. The van der Waals surface area contributed by atoms with E-state index in [1.54, 1.807) is 12.1 Å². The number of halogens is 1. The second-order valence-corrected chi connectivity index (χ2v) is 4.16. The first-order valence-electron chi connectivity index (χ1n) is 5.79. The second kappa shape index (κ2) is 5.76. The van der Waals surface area contributed by atoms with Gasteiger partial charge in [0, 0.05) is 13.2 Å². The van der Waals surface area contributed by atoms with Crippen molar-refractivity contribution in [3.05, 3.63) is 35.6 Å². The summed E-state index contributed by atoms with van der Waals surface area (Å²) in [6, 6.07) is 7.77. The Morgan fingerprint density at radius 2 is 2.24 bits per heavy atom. The number of benzene rings is 1. The summed E-state index contributed by atoms with van der Waals surface area (Å²) in [6.07, 6.45) is 2.32. The summed E-state index contributed by atoms with van der Waals surface area (Å²) in [7, 11) is 0. The minimum atomic E-state index is -0.403. The van der Waals surface area contributed by atoms with Crippen LogP contribution in [0.4, 0.5) is 4.39 Å². The summed E-state index contributed by atoms with van der Waals surface area (Å²) in [4.78, 5) is 0. The number of nitrogens with zero attached hydrogens (tertiary/aromatic N) is 1. The van der Waals surface area contributed by atoms with Crippen molar-refractivity contribution < 1.29 is 9.13 Å². The van der Waals surface area contributed by atoms with Gasteiger partial charge >= 0.3 is 0 Å². The first-order chi connectivity index (χ1) is 8.29. The van der Waals surface area contributed by atoms with Crippen LogP contribution in [0.1, 0.15) is 24.4 Å². The Labute approximate surface area is 100 Å². The van der Waals surface area contributed by atoms with Gasteiger partial charge in [-0.1, -0.05) is 12.1 Å². The molecule has 90 valence electrons. The summed E-state index contributed by atoms with van der Waals surface area (Å²) in [6.45, 7) is 1.47. The minimum Gasteiger partial charge on any atom is -0.377 e. The maximum Gasteiger partial charge on any atom is 0.123 e. The summed E-state index contributed by atoms with van der Waals surface area (Å²) >= 11 is 0. The minimum absolute atomic E-state index is 0.200. The fourth-order valence-corrected chi connectivity index (χ4v) is 1.95. The summed E-state index contributed by atoms with van der Waals surface area (Å²) < 4.78 is 18.2. The summed E-state index contributed by atoms with van der Waals surface area (Å²) in [5.41, 5.74) is 0.784. The Morgan fingerprint density at radius 3 is 2.82 bits per heavy atom. The number of nitriles is 1. The van der Waals surface area contributed by atoms with Crippen molar-refractivity contribution in [3.63, 3.8) is 0 Å². The molecule has 1 aliphatic heterocycles. The number of ether oxygens (including phenoxy) is 1. The first kappa shape index (κ1) is 12.0. The highest BCUT2D eigenvalue weighted by Crippen LogP contribution is 2.15. The largest absolute Gasteiger partial charge is 0.377 e. The Morgan fingerprint density at radius 1 is 1.47 bits per heavy atom. The number of nitrogens with one attached hydrogen (secondary N) is 1. The SMILES string of the molecule is N#CC(NCC1CCCO1)c1ccc(F)cc1. The van der Waals surface area contributed by atoms with Crippen LogP contribution in [-0.2, 0) is 4.74 Å². The predicted octanol–water partition coefficient (Wildman–Crippen LogP) is 2.16. The molecule has 0 bridgehead atoms. The lowest BCUT2D eigenvalue weighted by molar-refractivity contribution is 0.109. The highest BCUT2D eigenvalue weighted by Gasteiger charge is 2.17. The van der Waals surface area contributed by atoms with Gasteiger partial charge in [0.15, 0.2) is 0 Å². The number of hydrogen-bond acceptors (Lipinski definition) is 3. The Kier molecular flexibility index (Phi) is 4.08. The lowest BCUT2D eigenvalue weighted by Crippen LogP contribution is -2.29. The highest BCUT2D eigenvalue weighted by molar-refractivity contribution is 5.24. The third-order valence-electron chi connectivity index (χ3n) is 2.91. The van der Waals surface area contributed by atoms with Gasteiger partial charge in [-0.05, 0) is 30.5 Å². The lowest BCUT2D eigenvalue weighted by Gasteiger charge is -2.15. The van der Waals surface area contributed by atoms with Crippen LogP contribution in [0.5, 0.6) is 0 Å². The summed E-state index contributed by atoms with van der Waals surface area (Å²) in [5, 5.41) is 12.2. The van der Waals surface area contributed by atoms with E-state index in [1.807, 2.05) is 0 Å². The normalized spacial score (nSPS) is 21.1. The van der Waals surface area contributed by atoms with Crippen molar-refractivity contribution in [2.24, 2.45) is 0 Å². The van der Waals surface area contributed by atoms with E-state index in [4.69, 9.17) is 10.00 Å². The fourth-order valence-electron chi connectivity index (χ4n) is 1.95. The maximum absolute atomic E-state index is 12.8. The monoisotopic (exact) mass is 234 g/mol. The zero-order chi connectivity index (χ0) is 12.1. The van der Waals surface area contributed by atoms with Crippen molar-refractivity contribution in [3.8, 4) is 6.07 Å². The van der Waals surface area contributed by atoms with Gasteiger partial charge in [0.2, 0.25) is 0 Å². The van der Waals surface area contributed by atoms with E-state index in [2.05, 4.69) is 11.4 Å². The van der Waals surface area contributed by atoms with Gasteiger partial charge in [-0.3, -0.25) is 5.32 Å². The lowest BCUT2D eigenvalue weighted by atomic mass is 10.1. The smallest absolute Gasteiger partial charge is 0.123 e. The van der Waals surface area contributed by atoms with Gasteiger partial charge in [0.25, 0.3) is 0 Å². The molecule has 0 spiro atoms. The zero-order valence-electron chi connectivity index (χ0n) is 9.53. The molecule has 17 heavy (non-hydrogen) atoms. The average Bonchev–Trinajstić information content (AvgIpc) is 2.85. The van der Waals surface area contributed by atoms with Gasteiger partial charge in [-0.25, -0.2) is 4.39 Å². The van der Waals surface area contributed by atoms with E-state index in [0.29, 0.717) is 6.54 Å². The van der Waals surface area contributed by atoms with Crippen molar-refractivity contribution in [1.82, 2.24) is 5.32 Å². The Bertz CT molecular complexity index is 393. The van der Waals surface area contributed by atoms with E-state index >= 15 is 0 Å². The van der Waals surface area contributed by atoms with Crippen molar-refractivity contribution in [2.45, 2.75) is 25.0 Å². The molecular weight excluding hydrogens is 219 g/mol. The van der Waals surface area contributed by atoms with Gasteiger partial charge in [0.05, 0.1) is 12.2 Å². The standard InChI is InChI=1S/C13H15FN2O/c14-11-5-3-10(4-6-11)13(8-15)16-9-12-2-1-7-17-12/h3-6,12-13,16H,1-2,7,9H2. The molecule has 1 aromatic rings. The zero-order valence-corrected chi connectivity index (χ0v) is 9.53. The van der Waals surface area contributed by atoms with E-state index in [9.17, 15) is 4.39 Å². The van der Waals surface area contributed by atoms with E-state index < -0.39 is 6.04 Å². The molecule has 1 fully saturated rings. The van der Waals surface area contributed by atoms with Crippen LogP contribution in [0.2, 0.25) is 0 Å². The van der Waals surface area contributed by atoms with Crippen LogP contribution in [0.3, 0.4) is 0 Å². The molecule has 2 rings (SSSR count). The van der Waals surface area contributed by atoms with Crippen molar-refractivity contribution >= 4 is 0 Å². The van der Waals surface area contributed by atoms with E-state index in [-0.39, 0.29) is 11.9 Å². The first-order valence-corrected chi connectivity index (χ1v) is 5.79. The molecule has 1 aromatic carbocycles. The van der Waals surface area contributed by atoms with Gasteiger partial charge < -0.3 is 4.74 Å². The van der Waals surface area contributed by atoms with E-state index in [1.165, 1.54) is 12.1 Å². The van der Waals surface area contributed by atoms with Gasteiger partial charge in [-0.2, -0.15) is 5.26 Å².